The molecule has 0 amide bonds. The van der Waals surface area contributed by atoms with Gasteiger partial charge in [0.05, 0.1) is 23.6 Å². The SMILES string of the molecule is NC(CC1CCCC1)c1cnsn1. The minimum atomic E-state index is 0.113. The predicted molar refractivity (Wildman–Crippen MR) is 53.4 cm³/mol. The van der Waals surface area contributed by atoms with Crippen LogP contribution in [0.4, 0.5) is 0 Å². The van der Waals surface area contributed by atoms with Crippen LogP contribution in [0.1, 0.15) is 43.8 Å². The zero-order chi connectivity index (χ0) is 9.10. The Morgan fingerprint density at radius 2 is 2.31 bits per heavy atom. The Balaban J connectivity index is 1.87. The average Bonchev–Trinajstić information content (AvgIpc) is 2.74. The molecule has 1 aromatic heterocycles. The van der Waals surface area contributed by atoms with Crippen molar-refractivity contribution in [3.63, 3.8) is 0 Å². The molecular weight excluding hydrogens is 182 g/mol. The van der Waals surface area contributed by atoms with Crippen LogP contribution < -0.4 is 5.73 Å². The van der Waals surface area contributed by atoms with Gasteiger partial charge in [-0.15, -0.1) is 0 Å². The van der Waals surface area contributed by atoms with Crippen LogP contribution in [0.2, 0.25) is 0 Å². The van der Waals surface area contributed by atoms with Gasteiger partial charge in [0.2, 0.25) is 0 Å². The third-order valence-corrected chi connectivity index (χ3v) is 3.31. The largest absolute Gasteiger partial charge is 0.323 e. The summed E-state index contributed by atoms with van der Waals surface area (Å²) in [6, 6.07) is 0.113. The molecule has 1 heterocycles. The number of hydrogen-bond donors (Lipinski definition) is 1. The van der Waals surface area contributed by atoms with Gasteiger partial charge in [0, 0.05) is 6.04 Å². The van der Waals surface area contributed by atoms with Crippen LogP contribution in [0.5, 0.6) is 0 Å². The minimum absolute atomic E-state index is 0.113. The highest BCUT2D eigenvalue weighted by Gasteiger charge is 2.19. The number of hydrogen-bond acceptors (Lipinski definition) is 4. The Morgan fingerprint density at radius 1 is 1.54 bits per heavy atom. The molecule has 0 saturated heterocycles. The Hall–Kier alpha value is -0.480. The second-order valence-electron chi connectivity index (χ2n) is 3.82. The molecule has 1 aliphatic rings. The van der Waals surface area contributed by atoms with Crippen molar-refractivity contribution in [3.8, 4) is 0 Å². The molecule has 1 saturated carbocycles. The molecular formula is C9H15N3S. The topological polar surface area (TPSA) is 51.8 Å². The monoisotopic (exact) mass is 197 g/mol. The van der Waals surface area contributed by atoms with Crippen molar-refractivity contribution < 1.29 is 0 Å². The fourth-order valence-corrected chi connectivity index (χ4v) is 2.54. The summed E-state index contributed by atoms with van der Waals surface area (Å²) in [5.41, 5.74) is 6.99. The number of nitrogens with zero attached hydrogens (tertiary/aromatic N) is 2. The lowest BCUT2D eigenvalue weighted by molar-refractivity contribution is 0.447. The lowest BCUT2D eigenvalue weighted by Crippen LogP contribution is -2.14. The van der Waals surface area contributed by atoms with Gasteiger partial charge in [-0.2, -0.15) is 8.75 Å². The van der Waals surface area contributed by atoms with Crippen LogP contribution in [0.25, 0.3) is 0 Å². The van der Waals surface area contributed by atoms with E-state index in [0.29, 0.717) is 0 Å². The van der Waals surface area contributed by atoms with Crippen molar-refractivity contribution in [3.05, 3.63) is 11.9 Å². The van der Waals surface area contributed by atoms with Crippen LogP contribution in [-0.2, 0) is 0 Å². The maximum absolute atomic E-state index is 6.02. The van der Waals surface area contributed by atoms with Crippen molar-refractivity contribution in [2.75, 3.05) is 0 Å². The van der Waals surface area contributed by atoms with E-state index in [1.54, 1.807) is 6.20 Å². The van der Waals surface area contributed by atoms with E-state index < -0.39 is 0 Å². The zero-order valence-corrected chi connectivity index (χ0v) is 8.46. The highest BCUT2D eigenvalue weighted by Crippen LogP contribution is 2.31. The van der Waals surface area contributed by atoms with E-state index in [4.69, 9.17) is 5.73 Å². The predicted octanol–water partition coefficient (Wildman–Crippen LogP) is 2.12. The molecule has 0 spiro atoms. The van der Waals surface area contributed by atoms with E-state index in [1.807, 2.05) is 0 Å². The third kappa shape index (κ3) is 2.25. The van der Waals surface area contributed by atoms with Gasteiger partial charge < -0.3 is 5.73 Å². The summed E-state index contributed by atoms with van der Waals surface area (Å²) in [5, 5.41) is 0. The van der Waals surface area contributed by atoms with Gasteiger partial charge in [-0.25, -0.2) is 0 Å². The van der Waals surface area contributed by atoms with E-state index in [2.05, 4.69) is 8.75 Å². The second-order valence-corrected chi connectivity index (χ2v) is 4.38. The summed E-state index contributed by atoms with van der Waals surface area (Å²) < 4.78 is 8.13. The molecule has 1 unspecified atom stereocenters. The molecule has 0 aromatic carbocycles. The highest BCUT2D eigenvalue weighted by atomic mass is 32.1. The number of aromatic nitrogens is 2. The summed E-state index contributed by atoms with van der Waals surface area (Å²) in [7, 11) is 0. The first kappa shape index (κ1) is 9.09. The zero-order valence-electron chi connectivity index (χ0n) is 7.65. The molecule has 1 fully saturated rings. The van der Waals surface area contributed by atoms with Crippen LogP contribution in [0.3, 0.4) is 0 Å². The molecule has 2 N–H and O–H groups in total. The van der Waals surface area contributed by atoms with Crippen LogP contribution in [0.15, 0.2) is 6.20 Å². The van der Waals surface area contributed by atoms with Crippen molar-refractivity contribution in [2.45, 2.75) is 38.1 Å². The Bertz CT molecular complexity index is 241. The lowest BCUT2D eigenvalue weighted by Gasteiger charge is -2.13. The van der Waals surface area contributed by atoms with Crippen molar-refractivity contribution in [2.24, 2.45) is 11.7 Å². The molecule has 1 aliphatic carbocycles. The fourth-order valence-electron chi connectivity index (χ4n) is 2.06. The van der Waals surface area contributed by atoms with E-state index in [-0.39, 0.29) is 6.04 Å². The Morgan fingerprint density at radius 3 is 2.92 bits per heavy atom. The molecule has 13 heavy (non-hydrogen) atoms. The Labute approximate surface area is 82.7 Å². The first-order chi connectivity index (χ1) is 6.36. The smallest absolute Gasteiger partial charge is 0.0910 e. The molecule has 0 radical (unpaired) electrons. The van der Waals surface area contributed by atoms with E-state index in [0.717, 1.165) is 18.0 Å². The summed E-state index contributed by atoms with van der Waals surface area (Å²) in [5.74, 6) is 0.830. The van der Waals surface area contributed by atoms with E-state index in [1.165, 1.54) is 37.4 Å². The van der Waals surface area contributed by atoms with Gasteiger partial charge in [0.1, 0.15) is 0 Å². The fraction of sp³-hybridized carbons (Fsp3) is 0.778. The van der Waals surface area contributed by atoms with Crippen molar-refractivity contribution in [1.82, 2.24) is 8.75 Å². The molecule has 2 rings (SSSR count). The highest BCUT2D eigenvalue weighted by molar-refractivity contribution is 6.99. The normalized spacial score (nSPS) is 20.7. The van der Waals surface area contributed by atoms with Gasteiger partial charge >= 0.3 is 0 Å². The first-order valence-corrected chi connectivity index (χ1v) is 5.62. The van der Waals surface area contributed by atoms with Gasteiger partial charge in [0.25, 0.3) is 0 Å². The molecule has 4 heteroatoms. The van der Waals surface area contributed by atoms with Crippen LogP contribution in [0, 0.1) is 5.92 Å². The van der Waals surface area contributed by atoms with Gasteiger partial charge in [-0.1, -0.05) is 25.7 Å². The summed E-state index contributed by atoms with van der Waals surface area (Å²) in [6.45, 7) is 0. The minimum Gasteiger partial charge on any atom is -0.323 e. The lowest BCUT2D eigenvalue weighted by atomic mass is 9.97. The third-order valence-electron chi connectivity index (χ3n) is 2.82. The quantitative estimate of drug-likeness (QED) is 0.807. The van der Waals surface area contributed by atoms with Crippen LogP contribution in [-0.4, -0.2) is 8.75 Å². The van der Waals surface area contributed by atoms with E-state index >= 15 is 0 Å². The first-order valence-electron chi connectivity index (χ1n) is 4.89. The summed E-state index contributed by atoms with van der Waals surface area (Å²) >= 11 is 1.25. The van der Waals surface area contributed by atoms with Crippen molar-refractivity contribution in [1.29, 1.82) is 0 Å². The number of nitrogens with two attached hydrogens (primary N) is 1. The van der Waals surface area contributed by atoms with Gasteiger partial charge in [-0.05, 0) is 12.3 Å². The maximum atomic E-state index is 6.02. The number of rotatable bonds is 3. The second kappa shape index (κ2) is 4.15. The average molecular weight is 197 g/mol. The van der Waals surface area contributed by atoms with Crippen molar-refractivity contribution >= 4 is 11.7 Å². The molecule has 1 atom stereocenters. The van der Waals surface area contributed by atoms with Gasteiger partial charge in [0.15, 0.2) is 0 Å². The maximum Gasteiger partial charge on any atom is 0.0910 e. The molecule has 0 bridgehead atoms. The molecule has 1 aromatic rings. The summed E-state index contributed by atoms with van der Waals surface area (Å²) in [6.07, 6.45) is 8.35. The van der Waals surface area contributed by atoms with Crippen LogP contribution >= 0.6 is 11.7 Å². The standard InChI is InChI=1S/C9H15N3S/c10-8(9-6-11-13-12-9)5-7-3-1-2-4-7/h6-8H,1-5,10H2. The molecule has 3 nitrogen and oxygen atoms in total. The van der Waals surface area contributed by atoms with E-state index in [9.17, 15) is 0 Å². The Kier molecular flexibility index (Phi) is 2.90. The molecule has 72 valence electrons. The molecule has 0 aliphatic heterocycles. The van der Waals surface area contributed by atoms with Gasteiger partial charge in [-0.3, -0.25) is 0 Å². The summed E-state index contributed by atoms with van der Waals surface area (Å²) in [4.78, 5) is 0.